The molecule has 0 saturated heterocycles. The largest absolute Gasteiger partial charge is 0.481 e. The number of carbonyl (C=O) groups excluding carboxylic acids is 1. The Morgan fingerprint density at radius 2 is 1.71 bits per heavy atom. The molecule has 0 aliphatic rings. The Morgan fingerprint density at radius 3 is 2.33 bits per heavy atom. The van der Waals surface area contributed by atoms with E-state index in [9.17, 15) is 9.59 Å². The zero-order valence-electron chi connectivity index (χ0n) is 11.5. The van der Waals surface area contributed by atoms with Crippen LogP contribution in [0.5, 0.6) is 0 Å². The summed E-state index contributed by atoms with van der Waals surface area (Å²) in [6.07, 6.45) is 3.56. The maximum atomic E-state index is 12.6. The fourth-order valence-electron chi connectivity index (χ4n) is 1.99. The monoisotopic (exact) mass is 284 g/mol. The molecule has 0 spiro atoms. The molecule has 0 bridgehead atoms. The zero-order chi connectivity index (χ0) is 15.1. The second-order valence-corrected chi connectivity index (χ2v) is 4.53. The average Bonchev–Trinajstić information content (AvgIpc) is 2.52. The van der Waals surface area contributed by atoms with Crippen molar-refractivity contribution >= 4 is 17.6 Å². The molecule has 0 aliphatic carbocycles. The van der Waals surface area contributed by atoms with Gasteiger partial charge < -0.3 is 10.0 Å². The van der Waals surface area contributed by atoms with E-state index in [1.165, 1.54) is 0 Å². The van der Waals surface area contributed by atoms with Crippen LogP contribution in [0.3, 0.4) is 0 Å². The summed E-state index contributed by atoms with van der Waals surface area (Å²) in [5.74, 6) is -1.02. The number of aliphatic carboxylic acids is 1. The number of carbonyl (C=O) groups is 2. The van der Waals surface area contributed by atoms with Crippen LogP contribution in [0.15, 0.2) is 54.9 Å². The van der Waals surface area contributed by atoms with E-state index in [1.54, 1.807) is 29.4 Å². The molecule has 108 valence electrons. The predicted octanol–water partition coefficient (Wildman–Crippen LogP) is 2.59. The summed E-state index contributed by atoms with van der Waals surface area (Å²) < 4.78 is 0. The quantitative estimate of drug-likeness (QED) is 0.885. The number of para-hydroxylation sites is 1. The normalized spacial score (nSPS) is 10.1. The maximum Gasteiger partial charge on any atom is 0.303 e. The van der Waals surface area contributed by atoms with Crippen molar-refractivity contribution in [1.82, 2.24) is 4.98 Å². The van der Waals surface area contributed by atoms with Crippen molar-refractivity contribution < 1.29 is 14.7 Å². The van der Waals surface area contributed by atoms with Crippen LogP contribution in [0.1, 0.15) is 23.2 Å². The van der Waals surface area contributed by atoms with Gasteiger partial charge >= 0.3 is 5.97 Å². The van der Waals surface area contributed by atoms with Crippen LogP contribution in [0.25, 0.3) is 0 Å². The van der Waals surface area contributed by atoms with Gasteiger partial charge in [0.1, 0.15) is 0 Å². The summed E-state index contributed by atoms with van der Waals surface area (Å²) in [5, 5.41) is 8.74. The highest BCUT2D eigenvalue weighted by molar-refractivity contribution is 6.06. The van der Waals surface area contributed by atoms with Crippen LogP contribution >= 0.6 is 0 Å². The molecule has 0 saturated carbocycles. The lowest BCUT2D eigenvalue weighted by atomic mass is 10.2. The summed E-state index contributed by atoms with van der Waals surface area (Å²) in [4.78, 5) is 28.7. The molecule has 5 nitrogen and oxygen atoms in total. The summed E-state index contributed by atoms with van der Waals surface area (Å²) in [6, 6.07) is 12.5. The topological polar surface area (TPSA) is 70.5 Å². The van der Waals surface area contributed by atoms with Crippen molar-refractivity contribution in [3.05, 3.63) is 60.4 Å². The van der Waals surface area contributed by atoms with Crippen molar-refractivity contribution in [2.75, 3.05) is 11.4 Å². The number of aromatic nitrogens is 1. The van der Waals surface area contributed by atoms with Crippen LogP contribution in [0.4, 0.5) is 5.69 Å². The molecule has 1 aromatic carbocycles. The van der Waals surface area contributed by atoms with E-state index >= 15 is 0 Å². The van der Waals surface area contributed by atoms with Gasteiger partial charge in [0.2, 0.25) is 0 Å². The summed E-state index contributed by atoms with van der Waals surface area (Å²) in [5.41, 5.74) is 1.29. The van der Waals surface area contributed by atoms with E-state index in [0.717, 1.165) is 5.69 Å². The smallest absolute Gasteiger partial charge is 0.303 e. The van der Waals surface area contributed by atoms with Crippen LogP contribution in [-0.2, 0) is 4.79 Å². The molecular weight excluding hydrogens is 268 g/mol. The van der Waals surface area contributed by atoms with E-state index in [1.807, 2.05) is 30.3 Å². The molecule has 1 amide bonds. The van der Waals surface area contributed by atoms with Crippen molar-refractivity contribution in [3.8, 4) is 0 Å². The van der Waals surface area contributed by atoms with E-state index in [-0.39, 0.29) is 12.3 Å². The third-order valence-corrected chi connectivity index (χ3v) is 3.01. The van der Waals surface area contributed by atoms with Crippen LogP contribution in [0, 0.1) is 0 Å². The second-order valence-electron chi connectivity index (χ2n) is 4.53. The van der Waals surface area contributed by atoms with E-state index in [4.69, 9.17) is 5.11 Å². The van der Waals surface area contributed by atoms with Crippen LogP contribution in [-0.4, -0.2) is 28.5 Å². The fourth-order valence-corrected chi connectivity index (χ4v) is 1.99. The predicted molar refractivity (Wildman–Crippen MR) is 79.2 cm³/mol. The van der Waals surface area contributed by atoms with Gasteiger partial charge in [0.15, 0.2) is 0 Å². The van der Waals surface area contributed by atoms with E-state index < -0.39 is 5.97 Å². The Morgan fingerprint density at radius 1 is 1.05 bits per heavy atom. The number of anilines is 1. The summed E-state index contributed by atoms with van der Waals surface area (Å²) >= 11 is 0. The first-order valence-corrected chi connectivity index (χ1v) is 6.67. The van der Waals surface area contributed by atoms with Crippen LogP contribution in [0.2, 0.25) is 0 Å². The number of benzene rings is 1. The van der Waals surface area contributed by atoms with E-state index in [0.29, 0.717) is 18.5 Å². The fraction of sp³-hybridized carbons (Fsp3) is 0.188. The minimum Gasteiger partial charge on any atom is -0.481 e. The number of carboxylic acids is 1. The third-order valence-electron chi connectivity index (χ3n) is 3.01. The number of pyridine rings is 1. The van der Waals surface area contributed by atoms with Gasteiger partial charge in [-0.25, -0.2) is 0 Å². The van der Waals surface area contributed by atoms with Gasteiger partial charge in [-0.1, -0.05) is 18.2 Å². The lowest BCUT2D eigenvalue weighted by Gasteiger charge is -2.22. The molecule has 2 aromatic rings. The maximum absolute atomic E-state index is 12.6. The van der Waals surface area contributed by atoms with Gasteiger partial charge in [0.05, 0.1) is 0 Å². The Bertz CT molecular complexity index is 599. The molecule has 0 radical (unpaired) electrons. The molecule has 1 heterocycles. The Hall–Kier alpha value is -2.69. The SMILES string of the molecule is O=C(O)CCCN(C(=O)c1ccncc1)c1ccccc1. The number of rotatable bonds is 6. The lowest BCUT2D eigenvalue weighted by Crippen LogP contribution is -2.32. The van der Waals surface area contributed by atoms with Gasteiger partial charge in [0.25, 0.3) is 5.91 Å². The summed E-state index contributed by atoms with van der Waals surface area (Å²) in [7, 11) is 0. The number of carboxylic acid groups (broad SMARTS) is 1. The first-order chi connectivity index (χ1) is 10.2. The number of amides is 1. The Labute approximate surface area is 122 Å². The minimum atomic E-state index is -0.862. The number of nitrogens with zero attached hydrogens (tertiary/aromatic N) is 2. The van der Waals surface area contributed by atoms with Gasteiger partial charge in [-0.3, -0.25) is 14.6 Å². The molecular formula is C16H16N2O3. The molecule has 21 heavy (non-hydrogen) atoms. The Kier molecular flexibility index (Phi) is 5.04. The second kappa shape index (κ2) is 7.19. The van der Waals surface area contributed by atoms with Gasteiger partial charge in [-0.15, -0.1) is 0 Å². The molecule has 2 rings (SSSR count). The highest BCUT2D eigenvalue weighted by Gasteiger charge is 2.17. The van der Waals surface area contributed by atoms with Crippen molar-refractivity contribution in [2.45, 2.75) is 12.8 Å². The molecule has 0 unspecified atom stereocenters. The lowest BCUT2D eigenvalue weighted by molar-refractivity contribution is -0.137. The zero-order valence-corrected chi connectivity index (χ0v) is 11.5. The summed E-state index contributed by atoms with van der Waals surface area (Å²) in [6.45, 7) is 0.359. The number of hydrogen-bond acceptors (Lipinski definition) is 3. The highest BCUT2D eigenvalue weighted by Crippen LogP contribution is 2.17. The highest BCUT2D eigenvalue weighted by atomic mass is 16.4. The van der Waals surface area contributed by atoms with Crippen LogP contribution < -0.4 is 4.90 Å². The van der Waals surface area contributed by atoms with Gasteiger partial charge in [-0.2, -0.15) is 0 Å². The first kappa shape index (κ1) is 14.7. The molecule has 0 fully saturated rings. The molecule has 5 heteroatoms. The van der Waals surface area contributed by atoms with Crippen molar-refractivity contribution in [3.63, 3.8) is 0 Å². The van der Waals surface area contributed by atoms with Crippen molar-refractivity contribution in [2.24, 2.45) is 0 Å². The molecule has 1 aromatic heterocycles. The standard InChI is InChI=1S/C16H16N2O3/c19-15(20)7-4-12-18(14-5-2-1-3-6-14)16(21)13-8-10-17-11-9-13/h1-3,5-6,8-11H,4,7,12H2,(H,19,20). The van der Waals surface area contributed by atoms with E-state index in [2.05, 4.69) is 4.98 Å². The average molecular weight is 284 g/mol. The molecule has 1 N–H and O–H groups in total. The van der Waals surface area contributed by atoms with Gasteiger partial charge in [-0.05, 0) is 30.7 Å². The minimum absolute atomic E-state index is 0.0347. The third kappa shape index (κ3) is 4.14. The van der Waals surface area contributed by atoms with Crippen molar-refractivity contribution in [1.29, 1.82) is 0 Å². The number of hydrogen-bond donors (Lipinski definition) is 1. The first-order valence-electron chi connectivity index (χ1n) is 6.67. The Balaban J connectivity index is 2.19. The molecule has 0 aliphatic heterocycles. The molecule has 0 atom stereocenters. The van der Waals surface area contributed by atoms with Gasteiger partial charge in [0, 0.05) is 36.6 Å².